The molecule has 1 aromatic heterocycles. The molecule has 10 nitrogen and oxygen atoms in total. The number of anilines is 3. The summed E-state index contributed by atoms with van der Waals surface area (Å²) in [5, 5.41) is 2.69. The fourth-order valence-corrected chi connectivity index (χ4v) is 5.30. The van der Waals surface area contributed by atoms with Gasteiger partial charge in [-0.3, -0.25) is 0 Å². The lowest BCUT2D eigenvalue weighted by Gasteiger charge is -2.39. The number of esters is 1. The van der Waals surface area contributed by atoms with Crippen LogP contribution in [0.3, 0.4) is 0 Å². The van der Waals surface area contributed by atoms with Crippen LogP contribution in [-0.2, 0) is 23.7 Å². The van der Waals surface area contributed by atoms with E-state index in [0.29, 0.717) is 25.9 Å². The number of nitrogens with one attached hydrogen (secondary N) is 1. The van der Waals surface area contributed by atoms with Gasteiger partial charge in [0.25, 0.3) is 0 Å². The van der Waals surface area contributed by atoms with Gasteiger partial charge in [-0.05, 0) is 52.0 Å². The lowest BCUT2D eigenvalue weighted by molar-refractivity contribution is -0.179. The molecule has 1 unspecified atom stereocenters. The molecule has 1 amide bonds. The van der Waals surface area contributed by atoms with Gasteiger partial charge >= 0.3 is 12.1 Å². The van der Waals surface area contributed by atoms with Crippen LogP contribution in [0.15, 0.2) is 29.8 Å². The van der Waals surface area contributed by atoms with Crippen LogP contribution in [0.25, 0.3) is 6.08 Å². The second kappa shape index (κ2) is 12.0. The minimum atomic E-state index is -0.873. The Morgan fingerprint density at radius 1 is 1.12 bits per heavy atom. The number of nitrogens with zero attached hydrogens (tertiary/aromatic N) is 3. The molecule has 0 radical (unpaired) electrons. The minimum Gasteiger partial charge on any atom is -0.463 e. The number of rotatable bonds is 6. The summed E-state index contributed by atoms with van der Waals surface area (Å²) < 4.78 is 66.7. The number of alkyl carbamates (subject to hydrolysis) is 1. The monoisotopic (exact) mass is 604 g/mol. The van der Waals surface area contributed by atoms with Gasteiger partial charge in [0, 0.05) is 44.1 Å². The maximum atomic E-state index is 15.5. The van der Waals surface area contributed by atoms with Gasteiger partial charge in [-0.1, -0.05) is 0 Å². The van der Waals surface area contributed by atoms with Crippen LogP contribution in [0.2, 0.25) is 0 Å². The first-order valence-electron chi connectivity index (χ1n) is 14.2. The van der Waals surface area contributed by atoms with Crippen molar-refractivity contribution in [2.24, 2.45) is 0 Å². The average molecular weight is 605 g/mol. The molecular formula is C30H35F3N4O6. The van der Waals surface area contributed by atoms with Crippen LogP contribution in [0, 0.1) is 17.5 Å². The fraction of sp³-hybridized carbons (Fsp3) is 0.500. The number of benzene rings is 1. The molecule has 1 aromatic carbocycles. The number of halogens is 3. The Balaban J connectivity index is 1.32. The largest absolute Gasteiger partial charge is 0.463 e. The van der Waals surface area contributed by atoms with Gasteiger partial charge < -0.3 is 34.1 Å². The van der Waals surface area contributed by atoms with Crippen molar-refractivity contribution in [1.82, 2.24) is 10.3 Å². The van der Waals surface area contributed by atoms with Crippen molar-refractivity contribution < 1.29 is 41.7 Å². The van der Waals surface area contributed by atoms with Crippen LogP contribution in [0.4, 0.5) is 35.3 Å². The quantitative estimate of drug-likeness (QED) is 0.465. The summed E-state index contributed by atoms with van der Waals surface area (Å²) in [6.07, 6.45) is 1.40. The molecule has 1 atom stereocenters. The highest BCUT2D eigenvalue weighted by Crippen LogP contribution is 2.40. The third-order valence-electron chi connectivity index (χ3n) is 7.23. The highest BCUT2D eigenvalue weighted by atomic mass is 19.1. The summed E-state index contributed by atoms with van der Waals surface area (Å²) in [5.41, 5.74) is -0.192. The van der Waals surface area contributed by atoms with Crippen molar-refractivity contribution in [2.45, 2.75) is 58.0 Å². The Bertz CT molecular complexity index is 1420. The number of carbonyl (C=O) groups excluding carboxylic acids is 2. The molecule has 5 rings (SSSR count). The van der Waals surface area contributed by atoms with Crippen molar-refractivity contribution in [2.75, 3.05) is 49.2 Å². The van der Waals surface area contributed by atoms with Gasteiger partial charge in [-0.2, -0.15) is 0 Å². The first kappa shape index (κ1) is 30.6. The van der Waals surface area contributed by atoms with Crippen LogP contribution >= 0.6 is 0 Å². The summed E-state index contributed by atoms with van der Waals surface area (Å²) in [5.74, 6) is -3.45. The number of hydrogen-bond acceptors (Lipinski definition) is 9. The molecule has 2 fully saturated rings. The summed E-state index contributed by atoms with van der Waals surface area (Å²) in [4.78, 5) is 32.3. The SMILES string of the molecule is CCOC(=O)C1=Cc2cc(F)c(N3CCC4(CC3)OCC(CNC(=O)OC(C)(C)C)O4)nc2N(c2ccc(F)cc2F)C1. The molecule has 4 heterocycles. The van der Waals surface area contributed by atoms with Gasteiger partial charge in [0.1, 0.15) is 29.2 Å². The van der Waals surface area contributed by atoms with Crippen LogP contribution < -0.4 is 15.1 Å². The molecule has 3 aliphatic rings. The first-order valence-corrected chi connectivity index (χ1v) is 14.2. The Morgan fingerprint density at radius 3 is 2.53 bits per heavy atom. The summed E-state index contributed by atoms with van der Waals surface area (Å²) in [7, 11) is 0. The van der Waals surface area contributed by atoms with Crippen molar-refractivity contribution >= 4 is 35.5 Å². The van der Waals surface area contributed by atoms with E-state index in [-0.39, 0.29) is 60.9 Å². The molecule has 0 aliphatic carbocycles. The molecule has 1 N–H and O–H groups in total. The molecular weight excluding hydrogens is 569 g/mol. The number of fused-ring (bicyclic) bond motifs is 1. The molecule has 1 spiro atoms. The fourth-order valence-electron chi connectivity index (χ4n) is 5.30. The zero-order valence-corrected chi connectivity index (χ0v) is 24.5. The minimum absolute atomic E-state index is 0.0148. The Hall–Kier alpha value is -3.84. The molecule has 232 valence electrons. The summed E-state index contributed by atoms with van der Waals surface area (Å²) in [6.45, 7) is 8.23. The topological polar surface area (TPSA) is 102 Å². The van der Waals surface area contributed by atoms with E-state index in [9.17, 15) is 18.4 Å². The van der Waals surface area contributed by atoms with E-state index in [1.807, 2.05) is 0 Å². The number of hydrogen-bond donors (Lipinski definition) is 1. The van der Waals surface area contributed by atoms with E-state index >= 15 is 4.39 Å². The molecule has 43 heavy (non-hydrogen) atoms. The maximum absolute atomic E-state index is 15.5. The highest BCUT2D eigenvalue weighted by molar-refractivity contribution is 5.98. The van der Waals surface area contributed by atoms with Crippen molar-refractivity contribution in [3.05, 3.63) is 52.9 Å². The second-order valence-corrected chi connectivity index (χ2v) is 11.6. The number of pyridine rings is 1. The normalized spacial score (nSPS) is 19.6. The van der Waals surface area contributed by atoms with Crippen LogP contribution in [-0.4, -0.2) is 73.9 Å². The Morgan fingerprint density at radius 2 is 1.86 bits per heavy atom. The Labute approximate surface area is 247 Å². The summed E-state index contributed by atoms with van der Waals surface area (Å²) in [6, 6.07) is 4.34. The van der Waals surface area contributed by atoms with Crippen molar-refractivity contribution in [3.8, 4) is 0 Å². The zero-order valence-electron chi connectivity index (χ0n) is 24.5. The first-order chi connectivity index (χ1) is 20.4. The lowest BCUT2D eigenvalue weighted by Crippen LogP contribution is -2.46. The van der Waals surface area contributed by atoms with Gasteiger partial charge in [-0.25, -0.2) is 27.7 Å². The standard InChI is InChI=1S/C30H35F3N4O6/c1-5-40-27(38)19-12-18-13-23(33)26(35-25(18)37(16-19)24-7-6-20(31)14-22(24)32)36-10-8-30(9-11-36)41-17-21(42-30)15-34-28(39)43-29(2,3)4/h6-7,12-14,21H,5,8-11,15-17H2,1-4H3,(H,34,39). The van der Waals surface area contributed by atoms with Gasteiger partial charge in [0.2, 0.25) is 0 Å². The number of piperidine rings is 1. The lowest BCUT2D eigenvalue weighted by atomic mass is 10.0. The highest BCUT2D eigenvalue weighted by Gasteiger charge is 2.44. The third-order valence-corrected chi connectivity index (χ3v) is 7.23. The molecule has 0 bridgehead atoms. The van der Waals surface area contributed by atoms with Gasteiger partial charge in [0.05, 0.1) is 31.0 Å². The van der Waals surface area contributed by atoms with Crippen molar-refractivity contribution in [3.63, 3.8) is 0 Å². The zero-order chi connectivity index (χ0) is 30.9. The number of carbonyl (C=O) groups is 2. The molecule has 2 saturated heterocycles. The van der Waals surface area contributed by atoms with E-state index in [4.69, 9.17) is 18.9 Å². The van der Waals surface area contributed by atoms with Gasteiger partial charge in [0.15, 0.2) is 17.4 Å². The predicted octanol–water partition coefficient (Wildman–Crippen LogP) is 4.83. The van der Waals surface area contributed by atoms with Gasteiger partial charge in [-0.15, -0.1) is 0 Å². The van der Waals surface area contributed by atoms with Crippen molar-refractivity contribution in [1.29, 1.82) is 0 Å². The second-order valence-electron chi connectivity index (χ2n) is 11.6. The number of amides is 1. The number of aromatic nitrogens is 1. The van der Waals surface area contributed by atoms with E-state index in [1.165, 1.54) is 23.1 Å². The van der Waals surface area contributed by atoms with E-state index < -0.39 is 40.9 Å². The summed E-state index contributed by atoms with van der Waals surface area (Å²) >= 11 is 0. The van der Waals surface area contributed by atoms with Crippen LogP contribution in [0.5, 0.6) is 0 Å². The maximum Gasteiger partial charge on any atom is 0.407 e. The molecule has 3 aliphatic heterocycles. The van der Waals surface area contributed by atoms with Crippen LogP contribution in [0.1, 0.15) is 46.1 Å². The van der Waals surface area contributed by atoms with E-state index in [2.05, 4.69) is 10.3 Å². The van der Waals surface area contributed by atoms with E-state index in [1.54, 1.807) is 32.6 Å². The predicted molar refractivity (Wildman–Crippen MR) is 151 cm³/mol. The molecule has 13 heteroatoms. The third kappa shape index (κ3) is 6.88. The average Bonchev–Trinajstić information content (AvgIpc) is 3.33. The van der Waals surface area contributed by atoms with E-state index in [0.717, 1.165) is 12.1 Å². The molecule has 0 saturated carbocycles. The molecule has 2 aromatic rings. The Kier molecular flexibility index (Phi) is 8.57. The smallest absolute Gasteiger partial charge is 0.407 e. The number of ether oxygens (including phenoxy) is 4.